The largest absolute Gasteiger partial charge is 0.197 e. The zero-order chi connectivity index (χ0) is 6.74. The molecule has 9 heavy (non-hydrogen) atoms. The molecular formula is C7H14SSi. The molecule has 1 fully saturated rings. The standard InChI is InChI=1S/C7H14SSi/c1-2-9(8)6-4-3-5-7-9/h2,8H,1,3-7H2. The normalized spacial score (nSPS) is 25.4. The van der Waals surface area contributed by atoms with E-state index < -0.39 is 7.22 Å². The molecule has 0 aromatic heterocycles. The molecular weight excluding hydrogens is 144 g/mol. The molecule has 0 bridgehead atoms. The Bertz CT molecular complexity index is 105. The zero-order valence-corrected chi connectivity index (χ0v) is 7.66. The Labute approximate surface area is 63.4 Å². The molecule has 1 aliphatic rings. The van der Waals surface area contributed by atoms with Crippen LogP contribution >= 0.6 is 12.1 Å². The summed E-state index contributed by atoms with van der Waals surface area (Å²) in [5.41, 5.74) is 2.13. The zero-order valence-electron chi connectivity index (χ0n) is 5.77. The highest BCUT2D eigenvalue weighted by atomic mass is 32.3. The second-order valence-corrected chi connectivity index (χ2v) is 9.16. The van der Waals surface area contributed by atoms with Crippen molar-refractivity contribution in [3.63, 3.8) is 0 Å². The molecule has 1 heterocycles. The van der Waals surface area contributed by atoms with Crippen molar-refractivity contribution in [3.05, 3.63) is 12.3 Å². The Hall–Kier alpha value is 0.307. The van der Waals surface area contributed by atoms with Crippen LogP contribution < -0.4 is 0 Å². The summed E-state index contributed by atoms with van der Waals surface area (Å²) < 4.78 is 0. The number of thiol groups is 1. The van der Waals surface area contributed by atoms with Gasteiger partial charge in [0.2, 0.25) is 0 Å². The van der Waals surface area contributed by atoms with Gasteiger partial charge in [0, 0.05) is 0 Å². The quantitative estimate of drug-likeness (QED) is 0.440. The Morgan fingerprint density at radius 3 is 2.11 bits per heavy atom. The molecule has 1 saturated heterocycles. The van der Waals surface area contributed by atoms with Crippen molar-refractivity contribution in [1.82, 2.24) is 0 Å². The first kappa shape index (κ1) is 7.41. The highest BCUT2D eigenvalue weighted by Gasteiger charge is 2.26. The van der Waals surface area contributed by atoms with Gasteiger partial charge in [0.05, 0.1) is 0 Å². The van der Waals surface area contributed by atoms with Crippen molar-refractivity contribution in [2.75, 3.05) is 0 Å². The molecule has 0 aliphatic carbocycles. The molecule has 0 unspecified atom stereocenters. The van der Waals surface area contributed by atoms with Gasteiger partial charge in [0.25, 0.3) is 0 Å². The SMILES string of the molecule is C=C[Si]1(S)CCCCC1. The van der Waals surface area contributed by atoms with Crippen molar-refractivity contribution < 1.29 is 0 Å². The predicted octanol–water partition coefficient (Wildman–Crippen LogP) is 2.77. The van der Waals surface area contributed by atoms with Gasteiger partial charge in [-0.1, -0.05) is 25.0 Å². The Kier molecular flexibility index (Phi) is 2.41. The van der Waals surface area contributed by atoms with Crippen LogP contribution in [0.3, 0.4) is 0 Å². The van der Waals surface area contributed by atoms with Crippen molar-refractivity contribution in [2.45, 2.75) is 31.4 Å². The first-order chi connectivity index (χ1) is 4.27. The third kappa shape index (κ3) is 1.87. The van der Waals surface area contributed by atoms with E-state index in [2.05, 4.69) is 24.4 Å². The molecule has 0 N–H and O–H groups in total. The molecule has 2 heteroatoms. The lowest BCUT2D eigenvalue weighted by atomic mass is 10.3. The number of hydrogen-bond acceptors (Lipinski definition) is 1. The van der Waals surface area contributed by atoms with Gasteiger partial charge < -0.3 is 0 Å². The summed E-state index contributed by atoms with van der Waals surface area (Å²) >= 11 is 4.67. The van der Waals surface area contributed by atoms with Crippen LogP contribution in [-0.4, -0.2) is 7.22 Å². The van der Waals surface area contributed by atoms with Crippen LogP contribution in [0.2, 0.25) is 12.1 Å². The Morgan fingerprint density at radius 2 is 1.78 bits per heavy atom. The van der Waals surface area contributed by atoms with Crippen LogP contribution in [0.4, 0.5) is 0 Å². The fourth-order valence-electron chi connectivity index (χ4n) is 1.37. The minimum atomic E-state index is -1.15. The molecule has 0 atom stereocenters. The van der Waals surface area contributed by atoms with Gasteiger partial charge >= 0.3 is 0 Å². The van der Waals surface area contributed by atoms with Gasteiger partial charge in [-0.2, -0.15) is 12.1 Å². The van der Waals surface area contributed by atoms with E-state index in [1.54, 1.807) is 0 Å². The summed E-state index contributed by atoms with van der Waals surface area (Å²) in [7, 11) is -1.15. The van der Waals surface area contributed by atoms with Gasteiger partial charge in [-0.15, -0.1) is 6.58 Å². The molecule has 0 saturated carbocycles. The summed E-state index contributed by atoms with van der Waals surface area (Å²) in [6.07, 6.45) is 4.20. The van der Waals surface area contributed by atoms with Gasteiger partial charge in [-0.05, 0) is 12.1 Å². The first-order valence-electron chi connectivity index (χ1n) is 3.63. The Morgan fingerprint density at radius 1 is 1.22 bits per heavy atom. The maximum Gasteiger partial charge on any atom is 0.135 e. The molecule has 52 valence electrons. The molecule has 0 amide bonds. The average Bonchev–Trinajstić information content (AvgIpc) is 1.90. The lowest BCUT2D eigenvalue weighted by molar-refractivity contribution is 0.724. The van der Waals surface area contributed by atoms with E-state index in [0.29, 0.717) is 0 Å². The molecule has 0 spiro atoms. The van der Waals surface area contributed by atoms with E-state index in [1.807, 2.05) is 0 Å². The molecule has 1 aliphatic heterocycles. The first-order valence-corrected chi connectivity index (χ1v) is 7.41. The highest BCUT2D eigenvalue weighted by molar-refractivity contribution is 8.15. The van der Waals surface area contributed by atoms with E-state index in [9.17, 15) is 0 Å². The van der Waals surface area contributed by atoms with Crippen LogP contribution in [0.15, 0.2) is 12.3 Å². The van der Waals surface area contributed by atoms with E-state index in [4.69, 9.17) is 0 Å². The summed E-state index contributed by atoms with van der Waals surface area (Å²) in [4.78, 5) is 0. The minimum Gasteiger partial charge on any atom is -0.197 e. The molecule has 0 aromatic rings. The van der Waals surface area contributed by atoms with Gasteiger partial charge in [0.15, 0.2) is 0 Å². The lowest BCUT2D eigenvalue weighted by Gasteiger charge is -2.26. The van der Waals surface area contributed by atoms with Crippen molar-refractivity contribution >= 4 is 19.3 Å². The average molecular weight is 158 g/mol. The maximum absolute atomic E-state index is 4.67. The monoisotopic (exact) mass is 158 g/mol. The predicted molar refractivity (Wildman–Crippen MR) is 48.4 cm³/mol. The van der Waals surface area contributed by atoms with Crippen LogP contribution in [-0.2, 0) is 0 Å². The van der Waals surface area contributed by atoms with Crippen LogP contribution in [0, 0.1) is 0 Å². The highest BCUT2D eigenvalue weighted by Crippen LogP contribution is 2.31. The second kappa shape index (κ2) is 2.93. The topological polar surface area (TPSA) is 0 Å². The minimum absolute atomic E-state index is 1.15. The smallest absolute Gasteiger partial charge is 0.135 e. The van der Waals surface area contributed by atoms with Crippen molar-refractivity contribution in [2.24, 2.45) is 0 Å². The van der Waals surface area contributed by atoms with Crippen LogP contribution in [0.1, 0.15) is 19.3 Å². The summed E-state index contributed by atoms with van der Waals surface area (Å²) in [5, 5.41) is 0. The van der Waals surface area contributed by atoms with E-state index in [1.165, 1.54) is 31.4 Å². The summed E-state index contributed by atoms with van der Waals surface area (Å²) in [6, 6.07) is 2.72. The molecule has 0 aromatic carbocycles. The lowest BCUT2D eigenvalue weighted by Crippen LogP contribution is -2.26. The van der Waals surface area contributed by atoms with E-state index >= 15 is 0 Å². The van der Waals surface area contributed by atoms with Crippen LogP contribution in [0.25, 0.3) is 0 Å². The fourth-order valence-corrected chi connectivity index (χ4v) is 4.70. The van der Waals surface area contributed by atoms with Gasteiger partial charge in [-0.25, -0.2) is 0 Å². The second-order valence-electron chi connectivity index (χ2n) is 2.87. The Balaban J connectivity index is 2.46. The molecule has 1 rings (SSSR count). The number of hydrogen-bond donors (Lipinski definition) is 1. The van der Waals surface area contributed by atoms with Crippen LogP contribution in [0.5, 0.6) is 0 Å². The van der Waals surface area contributed by atoms with Crippen molar-refractivity contribution in [1.29, 1.82) is 0 Å². The van der Waals surface area contributed by atoms with E-state index in [-0.39, 0.29) is 0 Å². The van der Waals surface area contributed by atoms with E-state index in [0.717, 1.165) is 0 Å². The number of rotatable bonds is 1. The summed E-state index contributed by atoms with van der Waals surface area (Å²) in [6.45, 7) is 3.84. The van der Waals surface area contributed by atoms with Crippen molar-refractivity contribution in [3.8, 4) is 0 Å². The summed E-state index contributed by atoms with van der Waals surface area (Å²) in [5.74, 6) is 0. The molecule has 0 radical (unpaired) electrons. The van der Waals surface area contributed by atoms with Gasteiger partial charge in [0.1, 0.15) is 7.22 Å². The third-order valence-electron chi connectivity index (χ3n) is 2.10. The third-order valence-corrected chi connectivity index (χ3v) is 7.19. The van der Waals surface area contributed by atoms with Gasteiger partial charge in [-0.3, -0.25) is 0 Å². The maximum atomic E-state index is 4.67. The molecule has 0 nitrogen and oxygen atoms in total. The fraction of sp³-hybridized carbons (Fsp3) is 0.714.